The number of hydrogen-bond donors (Lipinski definition) is 0. The van der Waals surface area contributed by atoms with Crippen molar-refractivity contribution in [1.82, 2.24) is 9.97 Å². The monoisotopic (exact) mass is 1450 g/mol. The summed E-state index contributed by atoms with van der Waals surface area (Å²) in [4.78, 5) is 76.8. The van der Waals surface area contributed by atoms with Gasteiger partial charge in [0.15, 0.2) is 23.1 Å². The Hall–Kier alpha value is -9.64. The van der Waals surface area contributed by atoms with Crippen molar-refractivity contribution < 1.29 is 145 Å². The first-order chi connectivity index (χ1) is 43.2. The van der Waals surface area contributed by atoms with Crippen molar-refractivity contribution in [2.75, 3.05) is 0 Å². The molecule has 0 spiro atoms. The molecule has 0 bridgehead atoms. The molecule has 0 unspecified atom stereocenters. The fourth-order valence-corrected chi connectivity index (χ4v) is 7.24. The van der Waals surface area contributed by atoms with E-state index in [9.17, 15) is 113 Å². The van der Waals surface area contributed by atoms with E-state index >= 15 is 0 Å². The molecule has 520 valence electrons. The standard InChI is InChI=1S/2C12H16N3O2.4C10H7F3O2.2Cu/c2*1-11(2)12(3,4)15(17)10(14(11)16)9-5-7-13-8-6-9;4*11-10(12,13)9(15)6-8(14)7-4-2-1-3-5-7;;/h2*5-8H,1-4H3;4*1-6,15H;;/q2*+1;;;;;2*+1/p-4/b;;4*9-6-;;. The summed E-state index contributed by atoms with van der Waals surface area (Å²) in [5.41, 5.74) is -1.68. The molecular formula is C64H56Cu2F12N6O12. The van der Waals surface area contributed by atoms with Gasteiger partial charge in [-0.05, 0) is 71.6 Å². The summed E-state index contributed by atoms with van der Waals surface area (Å²) in [5, 5.41) is 66.3. The van der Waals surface area contributed by atoms with Crippen LogP contribution in [0.5, 0.6) is 0 Å². The topological polar surface area (TPSA) is 279 Å². The molecule has 0 amide bonds. The molecule has 32 heteroatoms. The number of rotatable bonds is 10. The largest absolute Gasteiger partial charge is 1.00 e. The van der Waals surface area contributed by atoms with E-state index in [0.717, 1.165) is 19.0 Å². The molecule has 0 saturated heterocycles. The summed E-state index contributed by atoms with van der Waals surface area (Å²) in [6, 6.07) is 35.8. The number of hydrogen-bond acceptors (Lipinski definition) is 14. The number of alkyl halides is 12. The Morgan fingerprint density at radius 3 is 0.667 bits per heavy atom. The molecule has 8 rings (SSSR count). The number of allylic oxidation sites excluding steroid dienone is 8. The molecule has 2 aliphatic heterocycles. The number of pyridine rings is 2. The summed E-state index contributed by atoms with van der Waals surface area (Å²) in [5.74, 6) is -12.0. The first-order valence-corrected chi connectivity index (χ1v) is 26.9. The van der Waals surface area contributed by atoms with Crippen LogP contribution in [0.3, 0.4) is 0 Å². The Labute approximate surface area is 561 Å². The van der Waals surface area contributed by atoms with Gasteiger partial charge in [0.2, 0.25) is 11.1 Å². The smallest absolute Gasteiger partial charge is 0.869 e. The van der Waals surface area contributed by atoms with Crippen LogP contribution in [-0.4, -0.2) is 111 Å². The third kappa shape index (κ3) is 22.8. The van der Waals surface area contributed by atoms with Crippen molar-refractivity contribution in [2.45, 2.75) is 102 Å². The van der Waals surface area contributed by atoms with Gasteiger partial charge in [0, 0.05) is 112 Å². The third-order valence-electron chi connectivity index (χ3n) is 14.1. The summed E-state index contributed by atoms with van der Waals surface area (Å²) in [6.07, 6.45) is -13.5. The molecule has 0 aliphatic carbocycles. The number of ketones is 4. The quantitative estimate of drug-likeness (QED) is 0.0235. The van der Waals surface area contributed by atoms with E-state index < -0.39 is 93.0 Å². The number of nitrogens with zero attached hydrogens (tertiary/aromatic N) is 6. The Bertz CT molecular complexity index is 3440. The van der Waals surface area contributed by atoms with E-state index in [1.807, 2.05) is 0 Å². The minimum atomic E-state index is -5.00. The van der Waals surface area contributed by atoms with Crippen LogP contribution in [-0.2, 0) is 34.1 Å². The first-order valence-electron chi connectivity index (χ1n) is 26.9. The molecule has 0 radical (unpaired) electrons. The van der Waals surface area contributed by atoms with Gasteiger partial charge in [-0.1, -0.05) is 121 Å². The second kappa shape index (κ2) is 34.7. The molecule has 0 atom stereocenters. The van der Waals surface area contributed by atoms with Crippen LogP contribution >= 0.6 is 0 Å². The predicted octanol–water partition coefficient (Wildman–Crippen LogP) is 10.1. The van der Waals surface area contributed by atoms with Gasteiger partial charge in [0.25, 0.3) is 11.1 Å². The predicted molar refractivity (Wildman–Crippen MR) is 307 cm³/mol. The number of carbonyl (C=O) groups is 4. The van der Waals surface area contributed by atoms with Crippen LogP contribution in [0.15, 0.2) is 218 Å². The van der Waals surface area contributed by atoms with Crippen LogP contribution < -0.4 is 20.4 Å². The fourth-order valence-electron chi connectivity index (χ4n) is 7.24. The molecule has 0 fully saturated rings. The number of aromatic nitrogens is 2. The second-order valence-electron chi connectivity index (χ2n) is 21.5. The van der Waals surface area contributed by atoms with Crippen molar-refractivity contribution in [1.29, 1.82) is 0 Å². The average Bonchev–Trinajstić information content (AvgIpc) is 1.59. The van der Waals surface area contributed by atoms with Crippen molar-refractivity contribution in [2.24, 2.45) is 0 Å². The van der Waals surface area contributed by atoms with E-state index in [4.69, 9.17) is 0 Å². The summed E-state index contributed by atoms with van der Waals surface area (Å²) in [6.45, 7) is 14.2. The zero-order valence-electron chi connectivity index (χ0n) is 51.2. The molecule has 2 aromatic heterocycles. The van der Waals surface area contributed by atoms with Gasteiger partial charge in [-0.2, -0.15) is 52.7 Å². The van der Waals surface area contributed by atoms with Crippen LogP contribution in [0.1, 0.15) is 108 Å². The number of carbonyl (C=O) groups excluding carboxylic acids is 4. The average molecular weight is 1460 g/mol. The van der Waals surface area contributed by atoms with Gasteiger partial charge in [0.1, 0.15) is 20.6 Å². The SMILES string of the molecule is CC1(C)[N+](=O)C(c2ccncc2)=[N+]([O-])C1(C)C.CC1(C)[N+](=O)C(c2ccncc2)=[N+]([O-])C1(C)C.O=C(/C=C(\[O-])C(F)(F)F)c1ccccc1.O=C(/C=C(\[O-])C(F)(F)F)c1ccccc1.O=C(/C=C(\[O-])C(F)(F)F)c1ccccc1.O=C(/C=C(\[O-])C(F)(F)F)c1ccccc1.[Cu+].[Cu+]. The van der Waals surface area contributed by atoms with E-state index in [1.165, 1.54) is 97.1 Å². The molecule has 0 saturated carbocycles. The summed E-state index contributed by atoms with van der Waals surface area (Å²) >= 11 is 0. The first kappa shape index (κ1) is 84.4. The van der Waals surface area contributed by atoms with Crippen molar-refractivity contribution in [3.63, 3.8) is 0 Å². The Balaban J connectivity index is 0.000000574. The summed E-state index contributed by atoms with van der Waals surface area (Å²) < 4.78 is 145. The number of halogens is 12. The minimum absolute atomic E-state index is 0. The number of amidine groups is 2. The molecule has 4 aromatic carbocycles. The molecule has 4 heterocycles. The zero-order valence-corrected chi connectivity index (χ0v) is 53.1. The maximum atomic E-state index is 12.3. The summed E-state index contributed by atoms with van der Waals surface area (Å²) in [7, 11) is 0. The molecule has 2 aliphatic rings. The molecule has 0 N–H and O–H groups in total. The van der Waals surface area contributed by atoms with Gasteiger partial charge in [-0.3, -0.25) is 29.1 Å². The Morgan fingerprint density at radius 2 is 0.521 bits per heavy atom. The molecule has 18 nitrogen and oxygen atoms in total. The zero-order chi connectivity index (χ0) is 71.6. The van der Waals surface area contributed by atoms with Gasteiger partial charge in [-0.25, -0.2) is 0 Å². The van der Waals surface area contributed by atoms with Crippen molar-refractivity contribution in [3.8, 4) is 0 Å². The van der Waals surface area contributed by atoms with E-state index in [-0.39, 0.29) is 92.4 Å². The number of nitroso groups, excluding NO2 is 2. The second-order valence-corrected chi connectivity index (χ2v) is 21.5. The van der Waals surface area contributed by atoms with E-state index in [1.54, 1.807) is 129 Å². The van der Waals surface area contributed by atoms with E-state index in [0.29, 0.717) is 11.1 Å². The number of benzene rings is 4. The fraction of sp³-hybridized carbons (Fsp3) is 0.250. The van der Waals surface area contributed by atoms with Gasteiger partial charge in [0.05, 0.1) is 0 Å². The van der Waals surface area contributed by atoms with Gasteiger partial charge in [-0.15, -0.1) is 9.48 Å². The molecule has 96 heavy (non-hydrogen) atoms. The van der Waals surface area contributed by atoms with Gasteiger partial charge < -0.3 is 30.8 Å². The van der Waals surface area contributed by atoms with Crippen LogP contribution in [0.4, 0.5) is 52.7 Å². The van der Waals surface area contributed by atoms with Crippen LogP contribution in [0, 0.1) is 20.2 Å². The van der Waals surface area contributed by atoms with E-state index in [2.05, 4.69) is 9.97 Å². The molecular weight excluding hydrogens is 1400 g/mol. The van der Waals surface area contributed by atoms with Crippen LogP contribution in [0.25, 0.3) is 0 Å². The Kier molecular flexibility index (Phi) is 30.5. The molecule has 6 aromatic rings. The third-order valence-corrected chi connectivity index (χ3v) is 14.1. The number of hydroxylamine groups is 2. The normalized spacial score (nSPS) is 15.7. The van der Waals surface area contributed by atoms with Gasteiger partial charge >= 0.3 is 70.5 Å². The maximum Gasteiger partial charge on any atom is 1.00 e. The van der Waals surface area contributed by atoms with Crippen LogP contribution in [0.2, 0.25) is 0 Å². The minimum Gasteiger partial charge on any atom is -0.869 e. The van der Waals surface area contributed by atoms with Crippen molar-refractivity contribution in [3.05, 3.63) is 271 Å². The Morgan fingerprint density at radius 1 is 0.344 bits per heavy atom. The maximum absolute atomic E-state index is 12.3. The van der Waals surface area contributed by atoms with Crippen molar-refractivity contribution >= 4 is 34.8 Å².